The first-order chi connectivity index (χ1) is 17.7. The summed E-state index contributed by atoms with van der Waals surface area (Å²) in [6.45, 7) is 6.56. The number of azo groups is 1. The highest BCUT2D eigenvalue weighted by Crippen LogP contribution is 2.30. The van der Waals surface area contributed by atoms with Crippen molar-refractivity contribution in [3.8, 4) is 17.2 Å². The van der Waals surface area contributed by atoms with Crippen LogP contribution in [0.3, 0.4) is 0 Å². The molecule has 5 rings (SSSR count). The van der Waals surface area contributed by atoms with E-state index in [1.165, 1.54) is 5.56 Å². The van der Waals surface area contributed by atoms with Gasteiger partial charge in [0.25, 0.3) is 0 Å². The zero-order valence-corrected chi connectivity index (χ0v) is 21.4. The fourth-order valence-corrected chi connectivity index (χ4v) is 3.83. The molecule has 0 spiro atoms. The minimum Gasteiger partial charge on any atom is -0.507 e. The highest BCUT2D eigenvalue weighted by Gasteiger charge is 2.15. The van der Waals surface area contributed by atoms with Gasteiger partial charge in [0, 0.05) is 22.4 Å². The number of rotatable bonds is 5. The molecule has 7 heteroatoms. The number of oxazole rings is 1. The Hall–Kier alpha value is -4.29. The number of benzene rings is 4. The van der Waals surface area contributed by atoms with E-state index in [1.54, 1.807) is 48.7 Å². The molecular formula is C30H25ClN4O2. The second kappa shape index (κ2) is 9.99. The van der Waals surface area contributed by atoms with E-state index in [0.29, 0.717) is 44.6 Å². The van der Waals surface area contributed by atoms with Crippen LogP contribution < -0.4 is 0 Å². The first-order valence-corrected chi connectivity index (χ1v) is 12.2. The number of aliphatic imine (C=N–C) groups is 1. The fraction of sp³-hybridized carbons (Fsp3) is 0.133. The van der Waals surface area contributed by atoms with E-state index in [0.717, 1.165) is 5.56 Å². The summed E-state index contributed by atoms with van der Waals surface area (Å²) in [5.41, 5.74) is 6.12. The summed E-state index contributed by atoms with van der Waals surface area (Å²) in [6.07, 6.45) is 1.59. The van der Waals surface area contributed by atoms with E-state index >= 15 is 0 Å². The second-order valence-corrected chi connectivity index (χ2v) is 10.1. The minimum absolute atomic E-state index is 0.0836. The number of fused-ring (bicyclic) bond motifs is 1. The van der Waals surface area contributed by atoms with E-state index < -0.39 is 0 Å². The summed E-state index contributed by atoms with van der Waals surface area (Å²) in [5, 5.41) is 19.4. The van der Waals surface area contributed by atoms with E-state index in [1.807, 2.05) is 30.3 Å². The van der Waals surface area contributed by atoms with Gasteiger partial charge in [-0.25, -0.2) is 4.98 Å². The van der Waals surface area contributed by atoms with Gasteiger partial charge in [-0.05, 0) is 83.8 Å². The Morgan fingerprint density at radius 3 is 2.22 bits per heavy atom. The molecule has 0 radical (unpaired) electrons. The predicted molar refractivity (Wildman–Crippen MR) is 149 cm³/mol. The van der Waals surface area contributed by atoms with Gasteiger partial charge >= 0.3 is 0 Å². The Bertz CT molecular complexity index is 1610. The number of phenols is 1. The van der Waals surface area contributed by atoms with Crippen LogP contribution in [0.15, 0.2) is 105 Å². The van der Waals surface area contributed by atoms with E-state index in [-0.39, 0.29) is 11.2 Å². The first-order valence-electron chi connectivity index (χ1n) is 11.8. The second-order valence-electron chi connectivity index (χ2n) is 9.68. The van der Waals surface area contributed by atoms with E-state index in [2.05, 4.69) is 53.1 Å². The fourth-order valence-electron chi connectivity index (χ4n) is 3.71. The van der Waals surface area contributed by atoms with Crippen LogP contribution in [0.1, 0.15) is 31.9 Å². The highest BCUT2D eigenvalue weighted by molar-refractivity contribution is 6.30. The molecule has 4 aromatic carbocycles. The maximum absolute atomic E-state index is 10.3. The van der Waals surface area contributed by atoms with Crippen LogP contribution in [0.25, 0.3) is 22.6 Å². The lowest BCUT2D eigenvalue weighted by Crippen LogP contribution is -2.10. The maximum atomic E-state index is 10.3. The monoisotopic (exact) mass is 508 g/mol. The van der Waals surface area contributed by atoms with Gasteiger partial charge in [0.15, 0.2) is 5.58 Å². The average Bonchev–Trinajstić information content (AvgIpc) is 3.31. The molecule has 0 fully saturated rings. The van der Waals surface area contributed by atoms with Crippen LogP contribution in [0.4, 0.5) is 17.1 Å². The van der Waals surface area contributed by atoms with Gasteiger partial charge in [0.2, 0.25) is 5.89 Å². The quantitative estimate of drug-likeness (QED) is 0.189. The highest BCUT2D eigenvalue weighted by atomic mass is 35.5. The number of halogens is 1. The molecule has 37 heavy (non-hydrogen) atoms. The molecule has 1 heterocycles. The molecular weight excluding hydrogens is 484 g/mol. The van der Waals surface area contributed by atoms with Gasteiger partial charge < -0.3 is 9.52 Å². The van der Waals surface area contributed by atoms with Crippen molar-refractivity contribution in [3.63, 3.8) is 0 Å². The number of hydrogen-bond donors (Lipinski definition) is 1. The Morgan fingerprint density at radius 2 is 1.49 bits per heavy atom. The number of aromatic hydroxyl groups is 1. The predicted octanol–water partition coefficient (Wildman–Crippen LogP) is 9.32. The zero-order valence-electron chi connectivity index (χ0n) is 20.7. The van der Waals surface area contributed by atoms with Gasteiger partial charge in [-0.2, -0.15) is 10.2 Å². The maximum Gasteiger partial charge on any atom is 0.227 e. The topological polar surface area (TPSA) is 83.3 Å². The van der Waals surface area contributed by atoms with Crippen LogP contribution in [0.5, 0.6) is 5.75 Å². The van der Waals surface area contributed by atoms with E-state index in [9.17, 15) is 5.11 Å². The molecule has 0 aliphatic rings. The summed E-state index contributed by atoms with van der Waals surface area (Å²) < 4.78 is 5.97. The Balaban J connectivity index is 1.36. The molecule has 1 N–H and O–H groups in total. The standard InChI is InChI=1S/C30H25ClN4O2/c1-30(2,3)21-6-4-19(5-7-21)29-33-26-17-24(13-15-28(26)37-29)32-18-20-16-25(12-14-27(20)36)35-34-23-10-8-22(31)9-11-23/h4-18,36H,1-3H3. The largest absolute Gasteiger partial charge is 0.507 e. The van der Waals surface area contributed by atoms with Crippen LogP contribution in [0, 0.1) is 0 Å². The zero-order chi connectivity index (χ0) is 26.0. The summed E-state index contributed by atoms with van der Waals surface area (Å²) in [5.74, 6) is 0.658. The van der Waals surface area contributed by atoms with Gasteiger partial charge in [-0.1, -0.05) is 44.5 Å². The molecule has 0 bridgehead atoms. The summed E-state index contributed by atoms with van der Waals surface area (Å²) in [6, 6.07) is 25.8. The van der Waals surface area contributed by atoms with Crippen molar-refractivity contribution >= 4 is 46.0 Å². The number of phenolic OH excluding ortho intramolecular Hbond substituents is 1. The van der Waals surface area contributed by atoms with Crippen LogP contribution in [-0.2, 0) is 5.41 Å². The number of hydrogen-bond acceptors (Lipinski definition) is 6. The van der Waals surface area contributed by atoms with Gasteiger partial charge in [0.1, 0.15) is 11.3 Å². The van der Waals surface area contributed by atoms with Crippen molar-refractivity contribution in [2.75, 3.05) is 0 Å². The van der Waals surface area contributed by atoms with Crippen LogP contribution in [0.2, 0.25) is 5.02 Å². The number of aromatic nitrogens is 1. The third kappa shape index (κ3) is 5.76. The lowest BCUT2D eigenvalue weighted by atomic mass is 9.87. The average molecular weight is 509 g/mol. The molecule has 0 aliphatic carbocycles. The molecule has 1 aromatic heterocycles. The molecule has 0 unspecified atom stereocenters. The smallest absolute Gasteiger partial charge is 0.227 e. The van der Waals surface area contributed by atoms with Gasteiger partial charge in [0.05, 0.1) is 17.1 Å². The molecule has 184 valence electrons. The normalized spacial score (nSPS) is 12.2. The third-order valence-corrected chi connectivity index (χ3v) is 6.09. The van der Waals surface area contributed by atoms with Crippen molar-refractivity contribution < 1.29 is 9.52 Å². The summed E-state index contributed by atoms with van der Waals surface area (Å²) in [4.78, 5) is 9.18. The lowest BCUT2D eigenvalue weighted by molar-refractivity contribution is 0.474. The molecule has 5 aromatic rings. The van der Waals surface area contributed by atoms with Gasteiger partial charge in [-0.15, -0.1) is 0 Å². The van der Waals surface area contributed by atoms with Crippen molar-refractivity contribution in [3.05, 3.63) is 101 Å². The lowest BCUT2D eigenvalue weighted by Gasteiger charge is -2.18. The van der Waals surface area contributed by atoms with E-state index in [4.69, 9.17) is 16.0 Å². The number of nitrogens with zero attached hydrogens (tertiary/aromatic N) is 4. The molecule has 0 saturated carbocycles. The Kier molecular flexibility index (Phi) is 6.59. The van der Waals surface area contributed by atoms with Crippen molar-refractivity contribution in [1.29, 1.82) is 0 Å². The molecule has 0 amide bonds. The molecule has 0 atom stereocenters. The summed E-state index contributed by atoms with van der Waals surface area (Å²) in [7, 11) is 0. The Labute approximate surface area is 220 Å². The Morgan fingerprint density at radius 1 is 0.811 bits per heavy atom. The summed E-state index contributed by atoms with van der Waals surface area (Å²) >= 11 is 5.91. The van der Waals surface area contributed by atoms with Crippen molar-refractivity contribution in [2.45, 2.75) is 26.2 Å². The molecule has 6 nitrogen and oxygen atoms in total. The molecule has 0 aliphatic heterocycles. The first kappa shape index (κ1) is 24.4. The van der Waals surface area contributed by atoms with Crippen molar-refractivity contribution in [2.24, 2.45) is 15.2 Å². The molecule has 0 saturated heterocycles. The third-order valence-electron chi connectivity index (χ3n) is 5.84. The van der Waals surface area contributed by atoms with Gasteiger partial charge in [-0.3, -0.25) is 4.99 Å². The van der Waals surface area contributed by atoms with Crippen LogP contribution >= 0.6 is 11.6 Å². The minimum atomic E-state index is 0.0836. The van der Waals surface area contributed by atoms with Crippen LogP contribution in [-0.4, -0.2) is 16.3 Å². The SMILES string of the molecule is CC(C)(C)c1ccc(-c2nc3cc(N=Cc4cc(N=Nc5ccc(Cl)cc5)ccc4O)ccc3o2)cc1. The van der Waals surface area contributed by atoms with Crippen molar-refractivity contribution in [1.82, 2.24) is 4.98 Å².